The second-order valence-electron chi connectivity index (χ2n) is 7.15. The maximum atomic E-state index is 13.4. The average Bonchev–Trinajstić information content (AvgIpc) is 3.23. The van der Waals surface area contributed by atoms with Crippen LogP contribution in [0.25, 0.3) is 16.5 Å². The average molecular weight is 582 g/mol. The van der Waals surface area contributed by atoms with E-state index >= 15 is 0 Å². The number of anilines is 1. The number of amides is 1. The van der Waals surface area contributed by atoms with E-state index in [2.05, 4.69) is 31.1 Å². The number of carbonyl (C=O) groups excluding carboxylic acids is 2. The molecule has 0 unspecified atom stereocenters. The number of thiophene rings is 1. The Labute approximate surface area is 213 Å². The van der Waals surface area contributed by atoms with Gasteiger partial charge in [0.15, 0.2) is 5.69 Å². The lowest BCUT2D eigenvalue weighted by Crippen LogP contribution is -2.25. The molecule has 0 atom stereocenters. The minimum Gasteiger partial charge on any atom is -0.461 e. The molecule has 1 N–H and O–H groups in total. The minimum absolute atomic E-state index is 0.00276. The molecule has 1 amide bonds. The van der Waals surface area contributed by atoms with Crippen molar-refractivity contribution in [2.75, 3.05) is 11.9 Å². The first-order valence-electron chi connectivity index (χ1n) is 10.2. The molecular formula is C23H15BrF3N3O5S. The zero-order valence-corrected chi connectivity index (χ0v) is 20.7. The number of carbonyl (C=O) groups is 2. The molecule has 0 spiro atoms. The fraction of sp³-hybridized carbons (Fsp3) is 0.130. The SMILES string of the molecule is CCOC(=O)c1nn(-c2ccc(OC(F)(F)F)cc2)c(=O)c2c(NC(=O)c3cccc(Br)c3)scc12. The number of nitrogens with one attached hydrogen (secondary N) is 1. The van der Waals surface area contributed by atoms with Gasteiger partial charge < -0.3 is 14.8 Å². The standard InChI is InChI=1S/C23H15BrF3N3O5S/c1-2-34-22(33)18-16-11-36-20(28-19(31)12-4-3-5-13(24)10-12)17(16)21(32)30(29-18)14-6-8-15(9-7-14)35-23(25,26)27/h3-11H,2H2,1H3,(H,28,31). The molecule has 13 heteroatoms. The third-order valence-corrected chi connectivity index (χ3v) is 6.14. The number of aromatic nitrogens is 2. The van der Waals surface area contributed by atoms with E-state index in [1.54, 1.807) is 31.2 Å². The summed E-state index contributed by atoms with van der Waals surface area (Å²) in [6.45, 7) is 1.64. The Morgan fingerprint density at radius 3 is 2.53 bits per heavy atom. The molecule has 36 heavy (non-hydrogen) atoms. The Kier molecular flexibility index (Phi) is 7.13. The number of hydrogen-bond acceptors (Lipinski definition) is 7. The third kappa shape index (κ3) is 5.41. The number of nitrogens with zero attached hydrogens (tertiary/aromatic N) is 2. The quantitative estimate of drug-likeness (QED) is 0.300. The third-order valence-electron chi connectivity index (χ3n) is 4.75. The largest absolute Gasteiger partial charge is 0.573 e. The maximum Gasteiger partial charge on any atom is 0.573 e. The highest BCUT2D eigenvalue weighted by Crippen LogP contribution is 2.31. The van der Waals surface area contributed by atoms with Crippen molar-refractivity contribution in [2.24, 2.45) is 0 Å². The summed E-state index contributed by atoms with van der Waals surface area (Å²) in [5, 5.41) is 8.62. The highest BCUT2D eigenvalue weighted by Gasteiger charge is 2.31. The molecule has 0 aliphatic heterocycles. The highest BCUT2D eigenvalue weighted by molar-refractivity contribution is 9.10. The second kappa shape index (κ2) is 10.1. The van der Waals surface area contributed by atoms with E-state index < -0.39 is 29.5 Å². The summed E-state index contributed by atoms with van der Waals surface area (Å²) in [5.74, 6) is -1.80. The predicted molar refractivity (Wildman–Crippen MR) is 130 cm³/mol. The van der Waals surface area contributed by atoms with E-state index in [0.717, 1.165) is 28.2 Å². The summed E-state index contributed by atoms with van der Waals surface area (Å²) in [6, 6.07) is 11.0. The van der Waals surface area contributed by atoms with Crippen molar-refractivity contribution < 1.29 is 32.2 Å². The Morgan fingerprint density at radius 1 is 1.17 bits per heavy atom. The van der Waals surface area contributed by atoms with Crippen molar-refractivity contribution in [1.29, 1.82) is 0 Å². The number of alkyl halides is 3. The molecule has 2 heterocycles. The molecule has 4 aromatic rings. The highest BCUT2D eigenvalue weighted by atomic mass is 79.9. The van der Waals surface area contributed by atoms with Crippen LogP contribution in [0.1, 0.15) is 27.8 Å². The molecule has 2 aromatic carbocycles. The van der Waals surface area contributed by atoms with Crippen LogP contribution in [0.15, 0.2) is 63.2 Å². The molecule has 0 saturated heterocycles. The van der Waals surface area contributed by atoms with Gasteiger partial charge in [0.05, 0.1) is 17.7 Å². The van der Waals surface area contributed by atoms with Gasteiger partial charge in [-0.15, -0.1) is 24.5 Å². The summed E-state index contributed by atoms with van der Waals surface area (Å²) < 4.78 is 48.0. The molecule has 186 valence electrons. The van der Waals surface area contributed by atoms with Crippen molar-refractivity contribution in [3.8, 4) is 11.4 Å². The first-order valence-corrected chi connectivity index (χ1v) is 11.9. The van der Waals surface area contributed by atoms with Crippen molar-refractivity contribution in [3.05, 3.63) is 80.0 Å². The smallest absolute Gasteiger partial charge is 0.461 e. The topological polar surface area (TPSA) is 99.5 Å². The Hall–Kier alpha value is -3.71. The maximum absolute atomic E-state index is 13.4. The summed E-state index contributed by atoms with van der Waals surface area (Å²) >= 11 is 4.31. The van der Waals surface area contributed by atoms with E-state index in [1.165, 1.54) is 17.5 Å². The zero-order valence-electron chi connectivity index (χ0n) is 18.3. The predicted octanol–water partition coefficient (Wildman–Crippen LogP) is 5.54. The van der Waals surface area contributed by atoms with Crippen LogP contribution in [0.3, 0.4) is 0 Å². The van der Waals surface area contributed by atoms with Gasteiger partial charge >= 0.3 is 12.3 Å². The number of ether oxygens (including phenoxy) is 2. The van der Waals surface area contributed by atoms with Crippen LogP contribution >= 0.6 is 27.3 Å². The monoisotopic (exact) mass is 581 g/mol. The van der Waals surface area contributed by atoms with E-state index in [0.29, 0.717) is 10.0 Å². The Morgan fingerprint density at radius 2 is 1.89 bits per heavy atom. The number of hydrogen-bond donors (Lipinski definition) is 1. The number of benzene rings is 2. The first kappa shape index (κ1) is 25.4. The molecule has 8 nitrogen and oxygen atoms in total. The molecule has 0 fully saturated rings. The van der Waals surface area contributed by atoms with Gasteiger partial charge in [0, 0.05) is 20.8 Å². The molecular weight excluding hydrogens is 567 g/mol. The van der Waals surface area contributed by atoms with Crippen LogP contribution in [-0.2, 0) is 4.74 Å². The van der Waals surface area contributed by atoms with Gasteiger partial charge in [-0.3, -0.25) is 9.59 Å². The normalized spacial score (nSPS) is 11.4. The van der Waals surface area contributed by atoms with Gasteiger partial charge in [0.1, 0.15) is 10.8 Å². The van der Waals surface area contributed by atoms with Crippen molar-refractivity contribution >= 4 is 54.9 Å². The van der Waals surface area contributed by atoms with Crippen LogP contribution in [0.5, 0.6) is 5.75 Å². The van der Waals surface area contributed by atoms with Gasteiger partial charge in [-0.05, 0) is 49.4 Å². The van der Waals surface area contributed by atoms with Crippen LogP contribution in [0, 0.1) is 0 Å². The summed E-state index contributed by atoms with van der Waals surface area (Å²) in [5.41, 5.74) is -0.502. The van der Waals surface area contributed by atoms with Crippen LogP contribution in [0.2, 0.25) is 0 Å². The lowest BCUT2D eigenvalue weighted by atomic mass is 10.2. The lowest BCUT2D eigenvalue weighted by molar-refractivity contribution is -0.274. The van der Waals surface area contributed by atoms with Crippen molar-refractivity contribution in [2.45, 2.75) is 13.3 Å². The van der Waals surface area contributed by atoms with Crippen molar-refractivity contribution in [3.63, 3.8) is 0 Å². The van der Waals surface area contributed by atoms with Crippen LogP contribution in [0.4, 0.5) is 18.2 Å². The number of halogens is 4. The molecule has 0 aliphatic rings. The van der Waals surface area contributed by atoms with Crippen LogP contribution < -0.4 is 15.6 Å². The molecule has 0 radical (unpaired) electrons. The van der Waals surface area contributed by atoms with Gasteiger partial charge in [-0.25, -0.2) is 4.79 Å². The minimum atomic E-state index is -4.88. The van der Waals surface area contributed by atoms with E-state index in [9.17, 15) is 27.6 Å². The van der Waals surface area contributed by atoms with Gasteiger partial charge in [-0.1, -0.05) is 22.0 Å². The van der Waals surface area contributed by atoms with E-state index in [1.807, 2.05) is 0 Å². The molecule has 2 aromatic heterocycles. The van der Waals surface area contributed by atoms with Gasteiger partial charge in [-0.2, -0.15) is 9.78 Å². The Balaban J connectivity index is 1.82. The molecule has 4 rings (SSSR count). The summed E-state index contributed by atoms with van der Waals surface area (Å²) in [6.07, 6.45) is -4.88. The Bertz CT molecular complexity index is 1520. The molecule has 0 bridgehead atoms. The fourth-order valence-corrected chi connectivity index (χ4v) is 4.59. The van der Waals surface area contributed by atoms with E-state index in [-0.39, 0.29) is 33.8 Å². The number of esters is 1. The summed E-state index contributed by atoms with van der Waals surface area (Å²) in [7, 11) is 0. The lowest BCUT2D eigenvalue weighted by Gasteiger charge is -2.12. The van der Waals surface area contributed by atoms with Crippen molar-refractivity contribution in [1.82, 2.24) is 9.78 Å². The fourth-order valence-electron chi connectivity index (χ4n) is 3.26. The second-order valence-corrected chi connectivity index (χ2v) is 8.94. The summed E-state index contributed by atoms with van der Waals surface area (Å²) in [4.78, 5) is 38.8. The molecule has 0 aliphatic carbocycles. The van der Waals surface area contributed by atoms with Gasteiger partial charge in [0.25, 0.3) is 11.5 Å². The zero-order chi connectivity index (χ0) is 26.0. The molecule has 0 saturated carbocycles. The van der Waals surface area contributed by atoms with E-state index in [4.69, 9.17) is 4.74 Å². The first-order chi connectivity index (χ1) is 17.1. The number of fused-ring (bicyclic) bond motifs is 1. The number of rotatable bonds is 6. The van der Waals surface area contributed by atoms with Gasteiger partial charge in [0.2, 0.25) is 0 Å². The van der Waals surface area contributed by atoms with Crippen LogP contribution in [-0.4, -0.2) is 34.6 Å².